The highest BCUT2D eigenvalue weighted by molar-refractivity contribution is 7.09. The molecule has 2 aromatic rings. The molecule has 0 bridgehead atoms. The number of fused-ring (bicyclic) bond motifs is 1. The van der Waals surface area contributed by atoms with Gasteiger partial charge in [-0.3, -0.25) is 0 Å². The molecular formula is C14H18N4S. The van der Waals surface area contributed by atoms with Gasteiger partial charge in [-0.05, 0) is 44.2 Å². The predicted octanol–water partition coefficient (Wildman–Crippen LogP) is 1.90. The quantitative estimate of drug-likeness (QED) is 0.928. The van der Waals surface area contributed by atoms with Crippen molar-refractivity contribution in [2.75, 3.05) is 6.54 Å². The summed E-state index contributed by atoms with van der Waals surface area (Å²) in [6.45, 7) is 2.78. The highest BCUT2D eigenvalue weighted by atomic mass is 32.1. The summed E-state index contributed by atoms with van der Waals surface area (Å²) in [4.78, 5) is 13.6. The van der Waals surface area contributed by atoms with E-state index in [1.807, 2.05) is 13.1 Å². The first-order valence-electron chi connectivity index (χ1n) is 6.69. The number of hydrogen-bond donors (Lipinski definition) is 1. The lowest BCUT2D eigenvalue weighted by molar-refractivity contribution is 0.460. The Morgan fingerprint density at radius 2 is 2.32 bits per heavy atom. The zero-order valence-electron chi connectivity index (χ0n) is 11.1. The second kappa shape index (κ2) is 5.35. The minimum atomic E-state index is 0.601. The fourth-order valence-corrected chi connectivity index (χ4v) is 3.30. The molecule has 2 aromatic heterocycles. The Labute approximate surface area is 117 Å². The third kappa shape index (κ3) is 2.82. The van der Waals surface area contributed by atoms with Gasteiger partial charge in [-0.2, -0.15) is 0 Å². The maximum atomic E-state index is 5.75. The minimum absolute atomic E-state index is 0.601. The Kier molecular flexibility index (Phi) is 3.57. The van der Waals surface area contributed by atoms with Gasteiger partial charge in [-0.25, -0.2) is 15.0 Å². The van der Waals surface area contributed by atoms with Crippen LogP contribution in [-0.2, 0) is 19.3 Å². The first-order valence-corrected chi connectivity index (χ1v) is 7.57. The molecule has 0 spiro atoms. The number of hydrogen-bond acceptors (Lipinski definition) is 5. The summed E-state index contributed by atoms with van der Waals surface area (Å²) in [5, 5.41) is 3.16. The molecule has 0 fully saturated rings. The first kappa shape index (κ1) is 12.7. The highest BCUT2D eigenvalue weighted by Crippen LogP contribution is 2.23. The van der Waals surface area contributed by atoms with Crippen LogP contribution in [-0.4, -0.2) is 21.5 Å². The molecule has 2 N–H and O–H groups in total. The van der Waals surface area contributed by atoms with Crippen molar-refractivity contribution in [2.45, 2.75) is 32.6 Å². The van der Waals surface area contributed by atoms with Gasteiger partial charge >= 0.3 is 0 Å². The van der Waals surface area contributed by atoms with Gasteiger partial charge in [-0.1, -0.05) is 0 Å². The fraction of sp³-hybridized carbons (Fsp3) is 0.500. The van der Waals surface area contributed by atoms with Gasteiger partial charge in [0.25, 0.3) is 0 Å². The largest absolute Gasteiger partial charge is 0.330 e. The smallest absolute Gasteiger partial charge is 0.135 e. The normalized spacial score (nSPS) is 18.3. The average molecular weight is 274 g/mol. The Hall–Kier alpha value is -1.33. The summed E-state index contributed by atoms with van der Waals surface area (Å²) >= 11 is 1.68. The minimum Gasteiger partial charge on any atom is -0.330 e. The van der Waals surface area contributed by atoms with Crippen LogP contribution in [0.2, 0.25) is 0 Å². The Morgan fingerprint density at radius 1 is 1.42 bits per heavy atom. The predicted molar refractivity (Wildman–Crippen MR) is 76.3 cm³/mol. The van der Waals surface area contributed by atoms with Crippen LogP contribution in [0.4, 0.5) is 0 Å². The second-order valence-corrected chi connectivity index (χ2v) is 6.10. The molecule has 0 saturated heterocycles. The summed E-state index contributed by atoms with van der Waals surface area (Å²) < 4.78 is 0. The van der Waals surface area contributed by atoms with Crippen LogP contribution in [0.5, 0.6) is 0 Å². The maximum absolute atomic E-state index is 5.75. The molecule has 1 unspecified atom stereocenters. The number of thiazole rings is 1. The summed E-state index contributed by atoms with van der Waals surface area (Å²) in [5.41, 5.74) is 9.31. The first-order chi connectivity index (χ1) is 9.24. The standard InChI is InChI=1S/C14H18N4S/c1-9-8-19-14(17-9)5-13-16-7-11-4-10(6-15)2-3-12(11)18-13/h7-8,10H,2-6,15H2,1H3. The van der Waals surface area contributed by atoms with Gasteiger partial charge < -0.3 is 5.73 Å². The van der Waals surface area contributed by atoms with Crippen molar-refractivity contribution in [3.8, 4) is 0 Å². The molecule has 0 aliphatic heterocycles. The lowest BCUT2D eigenvalue weighted by Gasteiger charge is -2.22. The highest BCUT2D eigenvalue weighted by Gasteiger charge is 2.19. The van der Waals surface area contributed by atoms with Crippen LogP contribution in [0.1, 0.15) is 34.2 Å². The molecule has 5 heteroatoms. The molecule has 19 heavy (non-hydrogen) atoms. The van der Waals surface area contributed by atoms with Crippen LogP contribution in [0.15, 0.2) is 11.6 Å². The summed E-state index contributed by atoms with van der Waals surface area (Å²) in [6.07, 6.45) is 5.94. The van der Waals surface area contributed by atoms with Gasteiger partial charge in [0.05, 0.1) is 6.42 Å². The third-order valence-corrected chi connectivity index (χ3v) is 4.58. The Bertz CT molecular complexity index is 579. The molecule has 0 aromatic carbocycles. The van der Waals surface area contributed by atoms with E-state index in [2.05, 4.69) is 15.3 Å². The van der Waals surface area contributed by atoms with Gasteiger partial charge in [0.2, 0.25) is 0 Å². The second-order valence-electron chi connectivity index (χ2n) is 5.16. The van der Waals surface area contributed by atoms with E-state index in [0.29, 0.717) is 5.92 Å². The third-order valence-electron chi connectivity index (χ3n) is 3.61. The molecule has 0 amide bonds. The Balaban J connectivity index is 1.78. The van der Waals surface area contributed by atoms with Crippen molar-refractivity contribution in [3.63, 3.8) is 0 Å². The SMILES string of the molecule is Cc1csc(Cc2ncc3c(n2)CCC(CN)C3)n1. The molecule has 1 aliphatic rings. The van der Waals surface area contributed by atoms with Gasteiger partial charge in [0.15, 0.2) is 0 Å². The van der Waals surface area contributed by atoms with E-state index in [4.69, 9.17) is 10.7 Å². The molecule has 0 saturated carbocycles. The van der Waals surface area contributed by atoms with Crippen LogP contribution in [0.3, 0.4) is 0 Å². The average Bonchev–Trinajstić information content (AvgIpc) is 2.83. The molecule has 4 nitrogen and oxygen atoms in total. The molecule has 1 aliphatic carbocycles. The molecule has 3 rings (SSSR count). The van der Waals surface area contributed by atoms with Crippen molar-refractivity contribution in [3.05, 3.63) is 39.4 Å². The lowest BCUT2D eigenvalue weighted by atomic mass is 9.87. The van der Waals surface area contributed by atoms with E-state index in [9.17, 15) is 0 Å². The lowest BCUT2D eigenvalue weighted by Crippen LogP contribution is -2.23. The van der Waals surface area contributed by atoms with E-state index >= 15 is 0 Å². The van der Waals surface area contributed by atoms with Crippen LogP contribution >= 0.6 is 11.3 Å². The monoisotopic (exact) mass is 274 g/mol. The van der Waals surface area contributed by atoms with Crippen molar-refractivity contribution in [1.29, 1.82) is 0 Å². The Morgan fingerprint density at radius 3 is 3.05 bits per heavy atom. The maximum Gasteiger partial charge on any atom is 0.135 e. The van der Waals surface area contributed by atoms with E-state index in [1.165, 1.54) is 11.3 Å². The van der Waals surface area contributed by atoms with Crippen LogP contribution in [0, 0.1) is 12.8 Å². The summed E-state index contributed by atoms with van der Waals surface area (Å²) in [5.74, 6) is 1.49. The van der Waals surface area contributed by atoms with Crippen LogP contribution < -0.4 is 5.73 Å². The summed E-state index contributed by atoms with van der Waals surface area (Å²) in [7, 11) is 0. The number of rotatable bonds is 3. The molecule has 2 heterocycles. The zero-order chi connectivity index (χ0) is 13.2. The molecule has 1 atom stereocenters. The van der Waals surface area contributed by atoms with E-state index < -0.39 is 0 Å². The zero-order valence-corrected chi connectivity index (χ0v) is 11.9. The summed E-state index contributed by atoms with van der Waals surface area (Å²) in [6, 6.07) is 0. The molecule has 0 radical (unpaired) electrons. The van der Waals surface area contributed by atoms with Crippen LogP contribution in [0.25, 0.3) is 0 Å². The van der Waals surface area contributed by atoms with E-state index in [1.54, 1.807) is 11.3 Å². The molecular weight excluding hydrogens is 256 g/mol. The van der Waals surface area contributed by atoms with Gasteiger partial charge in [-0.15, -0.1) is 11.3 Å². The number of aryl methyl sites for hydroxylation is 2. The number of nitrogens with zero attached hydrogens (tertiary/aromatic N) is 3. The van der Waals surface area contributed by atoms with E-state index in [-0.39, 0.29) is 0 Å². The van der Waals surface area contributed by atoms with Crippen molar-refractivity contribution >= 4 is 11.3 Å². The van der Waals surface area contributed by atoms with Crippen molar-refractivity contribution in [2.24, 2.45) is 11.7 Å². The van der Waals surface area contributed by atoms with Crippen molar-refractivity contribution < 1.29 is 0 Å². The molecule has 100 valence electrons. The topological polar surface area (TPSA) is 64.7 Å². The van der Waals surface area contributed by atoms with Crippen molar-refractivity contribution in [1.82, 2.24) is 15.0 Å². The number of nitrogens with two attached hydrogens (primary N) is 1. The van der Waals surface area contributed by atoms with E-state index in [0.717, 1.165) is 48.8 Å². The fourth-order valence-electron chi connectivity index (χ4n) is 2.53. The van der Waals surface area contributed by atoms with Gasteiger partial charge in [0, 0.05) is 23.0 Å². The van der Waals surface area contributed by atoms with Gasteiger partial charge in [0.1, 0.15) is 10.8 Å². The number of aromatic nitrogens is 3.